The smallest absolute Gasteiger partial charge is 0.240 e. The molecule has 0 aliphatic carbocycles. The van der Waals surface area contributed by atoms with Crippen LogP contribution in [-0.4, -0.2) is 26.4 Å². The number of aryl methyl sites for hydroxylation is 2. The maximum absolute atomic E-state index is 12.4. The maximum Gasteiger partial charge on any atom is 0.240 e. The molecular formula is C19H32N2O3S. The molecule has 1 rings (SSSR count). The zero-order chi connectivity index (χ0) is 19.5. The summed E-state index contributed by atoms with van der Waals surface area (Å²) in [5.74, 6) is -0.155. The van der Waals surface area contributed by atoms with Crippen molar-refractivity contribution in [3.8, 4) is 0 Å². The molecule has 0 saturated heterocycles. The molecule has 5 nitrogen and oxygen atoms in total. The third kappa shape index (κ3) is 7.57. The molecule has 0 aliphatic rings. The van der Waals surface area contributed by atoms with Crippen molar-refractivity contribution in [1.29, 1.82) is 0 Å². The Morgan fingerprint density at radius 2 is 1.68 bits per heavy atom. The van der Waals surface area contributed by atoms with Crippen LogP contribution in [-0.2, 0) is 14.8 Å². The molecule has 1 aromatic rings. The second kappa shape index (κ2) is 7.87. The molecule has 6 heteroatoms. The van der Waals surface area contributed by atoms with Gasteiger partial charge in [0.05, 0.1) is 4.90 Å². The fourth-order valence-electron chi connectivity index (χ4n) is 3.18. The molecule has 0 bridgehead atoms. The lowest BCUT2D eigenvalue weighted by Crippen LogP contribution is -2.46. The molecule has 0 spiro atoms. The quantitative estimate of drug-likeness (QED) is 0.775. The summed E-state index contributed by atoms with van der Waals surface area (Å²) in [6, 6.07) is 5.30. The van der Waals surface area contributed by atoms with Gasteiger partial charge in [-0.05, 0) is 56.7 Å². The molecule has 0 radical (unpaired) electrons. The van der Waals surface area contributed by atoms with Crippen molar-refractivity contribution in [1.82, 2.24) is 10.0 Å². The first-order valence-corrected chi connectivity index (χ1v) is 10.1. The molecule has 1 amide bonds. The molecule has 1 aromatic carbocycles. The predicted molar refractivity (Wildman–Crippen MR) is 102 cm³/mol. The monoisotopic (exact) mass is 368 g/mol. The van der Waals surface area contributed by atoms with E-state index in [4.69, 9.17) is 0 Å². The first-order valence-electron chi connectivity index (χ1n) is 8.60. The third-order valence-corrected chi connectivity index (χ3v) is 5.33. The van der Waals surface area contributed by atoms with E-state index >= 15 is 0 Å². The number of amides is 1. The number of rotatable bonds is 7. The SMILES string of the molecule is Cc1ccc(C)c(S(=O)(=O)NCCC(=O)NC(C)(C)CC(C)(C)C)c1. The van der Waals surface area contributed by atoms with Gasteiger partial charge in [0.25, 0.3) is 0 Å². The van der Waals surface area contributed by atoms with Gasteiger partial charge in [0.15, 0.2) is 0 Å². The Morgan fingerprint density at radius 3 is 2.24 bits per heavy atom. The van der Waals surface area contributed by atoms with Crippen molar-refractivity contribution in [3.05, 3.63) is 29.3 Å². The fourth-order valence-corrected chi connectivity index (χ4v) is 4.54. The Balaban J connectivity index is 2.62. The maximum atomic E-state index is 12.4. The van der Waals surface area contributed by atoms with Crippen molar-refractivity contribution < 1.29 is 13.2 Å². The van der Waals surface area contributed by atoms with Gasteiger partial charge in [-0.2, -0.15) is 0 Å². The van der Waals surface area contributed by atoms with E-state index in [0.717, 1.165) is 12.0 Å². The normalized spacial score (nSPS) is 12.9. The highest BCUT2D eigenvalue weighted by molar-refractivity contribution is 7.89. The van der Waals surface area contributed by atoms with Crippen molar-refractivity contribution in [2.45, 2.75) is 71.7 Å². The summed E-state index contributed by atoms with van der Waals surface area (Å²) >= 11 is 0. The largest absolute Gasteiger partial charge is 0.351 e. The van der Waals surface area contributed by atoms with Gasteiger partial charge in [-0.25, -0.2) is 13.1 Å². The molecule has 0 aliphatic heterocycles. The highest BCUT2D eigenvalue weighted by Gasteiger charge is 2.27. The van der Waals surface area contributed by atoms with Crippen molar-refractivity contribution in [2.24, 2.45) is 5.41 Å². The lowest BCUT2D eigenvalue weighted by atomic mass is 9.82. The first-order chi connectivity index (χ1) is 11.2. The van der Waals surface area contributed by atoms with Crippen LogP contribution in [0.3, 0.4) is 0 Å². The second-order valence-corrected chi connectivity index (χ2v) is 10.3. The van der Waals surface area contributed by atoms with Crippen molar-refractivity contribution in [3.63, 3.8) is 0 Å². The van der Waals surface area contributed by atoms with Gasteiger partial charge in [0, 0.05) is 18.5 Å². The summed E-state index contributed by atoms with van der Waals surface area (Å²) in [5.41, 5.74) is 1.34. The van der Waals surface area contributed by atoms with E-state index in [1.807, 2.05) is 26.8 Å². The third-order valence-electron chi connectivity index (χ3n) is 3.73. The van der Waals surface area contributed by atoms with Crippen LogP contribution in [0.5, 0.6) is 0 Å². The highest BCUT2D eigenvalue weighted by atomic mass is 32.2. The van der Waals surface area contributed by atoms with Gasteiger partial charge in [0.1, 0.15) is 0 Å². The van der Waals surface area contributed by atoms with Gasteiger partial charge in [-0.15, -0.1) is 0 Å². The standard InChI is InChI=1S/C19H32N2O3S/c1-14-8-9-15(2)16(12-14)25(23,24)20-11-10-17(22)21-19(6,7)13-18(3,4)5/h8-9,12,20H,10-11,13H2,1-7H3,(H,21,22). The van der Waals surface area contributed by atoms with Gasteiger partial charge in [-0.1, -0.05) is 32.9 Å². The zero-order valence-corrected chi connectivity index (χ0v) is 17.3. The number of hydrogen-bond acceptors (Lipinski definition) is 3. The lowest BCUT2D eigenvalue weighted by Gasteiger charge is -2.33. The second-order valence-electron chi connectivity index (χ2n) is 8.59. The Hall–Kier alpha value is -1.40. The van der Waals surface area contributed by atoms with E-state index in [-0.39, 0.29) is 34.7 Å². The van der Waals surface area contributed by atoms with E-state index in [9.17, 15) is 13.2 Å². The molecule has 0 fully saturated rings. The van der Waals surface area contributed by atoms with Gasteiger partial charge < -0.3 is 5.32 Å². The van der Waals surface area contributed by atoms with E-state index in [1.54, 1.807) is 19.1 Å². The van der Waals surface area contributed by atoms with Crippen LogP contribution in [0.25, 0.3) is 0 Å². The summed E-state index contributed by atoms with van der Waals surface area (Å²) in [6.45, 7) is 14.0. The molecule has 0 heterocycles. The van der Waals surface area contributed by atoms with E-state index in [2.05, 4.69) is 30.8 Å². The molecular weight excluding hydrogens is 336 g/mol. The minimum Gasteiger partial charge on any atom is -0.351 e. The Bertz CT molecular complexity index is 717. The number of hydrogen-bond donors (Lipinski definition) is 2. The molecule has 0 unspecified atom stereocenters. The lowest BCUT2D eigenvalue weighted by molar-refractivity contribution is -0.122. The molecule has 0 saturated carbocycles. The van der Waals surface area contributed by atoms with Gasteiger partial charge in [-0.3, -0.25) is 4.79 Å². The predicted octanol–water partition coefficient (Wildman–Crippen LogP) is 3.30. The van der Waals surface area contributed by atoms with E-state index in [1.165, 1.54) is 0 Å². The Labute approximate surface area is 152 Å². The van der Waals surface area contributed by atoms with Crippen LogP contribution in [0, 0.1) is 19.3 Å². The van der Waals surface area contributed by atoms with E-state index in [0.29, 0.717) is 5.56 Å². The molecule has 25 heavy (non-hydrogen) atoms. The topological polar surface area (TPSA) is 75.3 Å². The fraction of sp³-hybridized carbons (Fsp3) is 0.632. The number of carbonyl (C=O) groups is 1. The van der Waals surface area contributed by atoms with Gasteiger partial charge in [0.2, 0.25) is 15.9 Å². The molecule has 142 valence electrons. The average molecular weight is 369 g/mol. The van der Waals surface area contributed by atoms with Crippen molar-refractivity contribution in [2.75, 3.05) is 6.54 Å². The van der Waals surface area contributed by atoms with Crippen molar-refractivity contribution >= 4 is 15.9 Å². The Morgan fingerprint density at radius 1 is 1.08 bits per heavy atom. The minimum absolute atomic E-state index is 0.0765. The highest BCUT2D eigenvalue weighted by Crippen LogP contribution is 2.26. The average Bonchev–Trinajstić information content (AvgIpc) is 2.37. The molecule has 2 N–H and O–H groups in total. The zero-order valence-electron chi connectivity index (χ0n) is 16.5. The summed E-state index contributed by atoms with van der Waals surface area (Å²) in [6.07, 6.45) is 0.942. The van der Waals surface area contributed by atoms with Crippen LogP contribution in [0.15, 0.2) is 23.1 Å². The number of nitrogens with one attached hydrogen (secondary N) is 2. The summed E-state index contributed by atoms with van der Waals surface area (Å²) in [7, 11) is -3.61. The summed E-state index contributed by atoms with van der Waals surface area (Å²) in [4.78, 5) is 12.4. The number of benzene rings is 1. The summed E-state index contributed by atoms with van der Waals surface area (Å²) < 4.78 is 27.4. The van der Waals surface area contributed by atoms with E-state index < -0.39 is 10.0 Å². The molecule has 0 aromatic heterocycles. The summed E-state index contributed by atoms with van der Waals surface area (Å²) in [5, 5.41) is 2.99. The molecule has 0 atom stereocenters. The van der Waals surface area contributed by atoms with Crippen LogP contribution in [0.1, 0.15) is 58.6 Å². The van der Waals surface area contributed by atoms with Crippen LogP contribution in [0.4, 0.5) is 0 Å². The van der Waals surface area contributed by atoms with Crippen LogP contribution < -0.4 is 10.0 Å². The Kier molecular flexibility index (Phi) is 6.81. The van der Waals surface area contributed by atoms with Crippen LogP contribution in [0.2, 0.25) is 0 Å². The van der Waals surface area contributed by atoms with Crippen LogP contribution >= 0.6 is 0 Å². The van der Waals surface area contributed by atoms with Gasteiger partial charge >= 0.3 is 0 Å². The minimum atomic E-state index is -3.61. The number of sulfonamides is 1. The first kappa shape index (κ1) is 21.6. The number of carbonyl (C=O) groups excluding carboxylic acids is 1.